The van der Waals surface area contributed by atoms with Crippen LogP contribution in [0.2, 0.25) is 5.22 Å². The largest absolute Gasteiger partial charge is 0.449 e. The van der Waals surface area contributed by atoms with E-state index < -0.39 is 11.7 Å². The predicted molar refractivity (Wildman–Crippen MR) is 69.8 cm³/mol. The van der Waals surface area contributed by atoms with Crippen LogP contribution in [-0.2, 0) is 4.74 Å². The van der Waals surface area contributed by atoms with Gasteiger partial charge >= 0.3 is 6.09 Å². The maximum Gasteiger partial charge on any atom is 0.407 e. The second kappa shape index (κ2) is 6.11. The molecule has 6 heteroatoms. The van der Waals surface area contributed by atoms with E-state index in [1.165, 1.54) is 0 Å². The molecule has 1 unspecified atom stereocenters. The summed E-state index contributed by atoms with van der Waals surface area (Å²) in [6.07, 6.45) is -0.474. The van der Waals surface area contributed by atoms with Gasteiger partial charge in [0.05, 0.1) is 0 Å². The lowest BCUT2D eigenvalue weighted by Crippen LogP contribution is -2.36. The van der Waals surface area contributed by atoms with Crippen LogP contribution in [0.4, 0.5) is 4.79 Å². The molecular formula is C12H19ClN2O3. The molecule has 1 aromatic rings. The van der Waals surface area contributed by atoms with Gasteiger partial charge in [-0.15, -0.1) is 0 Å². The van der Waals surface area contributed by atoms with Crippen molar-refractivity contribution in [3.05, 3.63) is 23.1 Å². The quantitative estimate of drug-likeness (QED) is 0.884. The fourth-order valence-electron chi connectivity index (χ4n) is 1.37. The number of nitrogens with two attached hydrogens (primary N) is 1. The first-order chi connectivity index (χ1) is 8.31. The Hall–Kier alpha value is -1.20. The van der Waals surface area contributed by atoms with Gasteiger partial charge in [-0.3, -0.25) is 0 Å². The monoisotopic (exact) mass is 274 g/mol. The zero-order chi connectivity index (χ0) is 13.8. The summed E-state index contributed by atoms with van der Waals surface area (Å²) in [4.78, 5) is 11.5. The van der Waals surface area contributed by atoms with E-state index in [0.29, 0.717) is 24.1 Å². The van der Waals surface area contributed by atoms with Crippen molar-refractivity contribution < 1.29 is 13.9 Å². The highest BCUT2D eigenvalue weighted by Gasteiger charge is 2.19. The Kier molecular flexibility index (Phi) is 5.04. The van der Waals surface area contributed by atoms with E-state index >= 15 is 0 Å². The van der Waals surface area contributed by atoms with Crippen LogP contribution >= 0.6 is 11.6 Å². The van der Waals surface area contributed by atoms with Crippen molar-refractivity contribution in [1.82, 2.24) is 5.32 Å². The molecule has 0 bridgehead atoms. The van der Waals surface area contributed by atoms with E-state index in [0.717, 1.165) is 0 Å². The minimum absolute atomic E-state index is 0.120. The van der Waals surface area contributed by atoms with Gasteiger partial charge in [0.1, 0.15) is 11.4 Å². The number of alkyl carbamates (subject to hydrolysis) is 1. The van der Waals surface area contributed by atoms with Crippen LogP contribution in [0.5, 0.6) is 0 Å². The summed E-state index contributed by atoms with van der Waals surface area (Å²) in [5.41, 5.74) is 5.11. The van der Waals surface area contributed by atoms with Crippen LogP contribution in [-0.4, -0.2) is 24.8 Å². The van der Waals surface area contributed by atoms with Crippen molar-refractivity contribution in [2.45, 2.75) is 32.3 Å². The molecule has 1 atom stereocenters. The van der Waals surface area contributed by atoms with Crippen LogP contribution in [0, 0.1) is 0 Å². The van der Waals surface area contributed by atoms with Crippen molar-refractivity contribution in [2.75, 3.05) is 13.1 Å². The molecule has 0 aromatic carbocycles. The Balaban J connectivity index is 2.48. The molecule has 18 heavy (non-hydrogen) atoms. The van der Waals surface area contributed by atoms with E-state index in [1.54, 1.807) is 32.9 Å². The molecular weight excluding hydrogens is 256 g/mol. The first kappa shape index (κ1) is 14.9. The van der Waals surface area contributed by atoms with E-state index in [-0.39, 0.29) is 5.92 Å². The molecule has 0 fully saturated rings. The van der Waals surface area contributed by atoms with Gasteiger partial charge in [0, 0.05) is 19.0 Å². The van der Waals surface area contributed by atoms with Crippen LogP contribution < -0.4 is 11.1 Å². The normalized spacial score (nSPS) is 13.2. The molecule has 0 aliphatic carbocycles. The van der Waals surface area contributed by atoms with Crippen LogP contribution in [0.15, 0.2) is 16.5 Å². The number of nitrogens with one attached hydrogen (secondary N) is 1. The maximum absolute atomic E-state index is 11.5. The second-order valence-electron chi connectivity index (χ2n) is 4.96. The number of ether oxygens (including phenoxy) is 1. The third-order valence-corrected chi connectivity index (χ3v) is 2.38. The fraction of sp³-hybridized carbons (Fsp3) is 0.583. The second-order valence-corrected chi connectivity index (χ2v) is 5.33. The smallest absolute Gasteiger partial charge is 0.407 e. The lowest BCUT2D eigenvalue weighted by atomic mass is 10.1. The summed E-state index contributed by atoms with van der Waals surface area (Å²) in [5, 5.41) is 2.96. The number of amides is 1. The average Bonchev–Trinajstić information content (AvgIpc) is 2.63. The van der Waals surface area contributed by atoms with Crippen LogP contribution in [0.25, 0.3) is 0 Å². The number of carbonyl (C=O) groups excluding carboxylic acids is 1. The average molecular weight is 275 g/mol. The molecule has 0 saturated carbocycles. The molecule has 0 aliphatic heterocycles. The molecule has 1 heterocycles. The minimum Gasteiger partial charge on any atom is -0.449 e. The molecule has 3 N–H and O–H groups in total. The van der Waals surface area contributed by atoms with Crippen LogP contribution in [0.1, 0.15) is 32.4 Å². The Labute approximate surface area is 112 Å². The summed E-state index contributed by atoms with van der Waals surface area (Å²) >= 11 is 5.69. The molecule has 1 aromatic heterocycles. The number of carbonyl (C=O) groups is 1. The molecule has 0 aliphatic rings. The molecule has 0 spiro atoms. The zero-order valence-electron chi connectivity index (χ0n) is 10.8. The molecule has 0 radical (unpaired) electrons. The zero-order valence-corrected chi connectivity index (χ0v) is 11.6. The minimum atomic E-state index is -0.518. The summed E-state index contributed by atoms with van der Waals surface area (Å²) in [6.45, 7) is 6.10. The van der Waals surface area contributed by atoms with Crippen molar-refractivity contribution >= 4 is 17.7 Å². The van der Waals surface area contributed by atoms with E-state index in [2.05, 4.69) is 5.32 Å². The van der Waals surface area contributed by atoms with Crippen LogP contribution in [0.3, 0.4) is 0 Å². The van der Waals surface area contributed by atoms with Gasteiger partial charge in [-0.1, -0.05) is 0 Å². The number of hydrogen-bond acceptors (Lipinski definition) is 4. The fourth-order valence-corrected chi connectivity index (χ4v) is 1.52. The summed E-state index contributed by atoms with van der Waals surface area (Å²) in [5.74, 6) is 0.531. The van der Waals surface area contributed by atoms with E-state index in [4.69, 9.17) is 26.5 Å². The molecule has 102 valence electrons. The van der Waals surface area contributed by atoms with Crippen molar-refractivity contribution in [3.8, 4) is 0 Å². The van der Waals surface area contributed by atoms with Crippen molar-refractivity contribution in [1.29, 1.82) is 0 Å². The number of hydrogen-bond donors (Lipinski definition) is 2. The molecule has 1 amide bonds. The SMILES string of the molecule is CC(C)(C)OC(=O)NCC(CN)c1ccc(Cl)o1. The lowest BCUT2D eigenvalue weighted by molar-refractivity contribution is 0.0524. The number of rotatable bonds is 4. The van der Waals surface area contributed by atoms with Crippen molar-refractivity contribution in [3.63, 3.8) is 0 Å². The van der Waals surface area contributed by atoms with Gasteiger partial charge in [-0.05, 0) is 44.5 Å². The Morgan fingerprint density at radius 2 is 2.22 bits per heavy atom. The lowest BCUT2D eigenvalue weighted by Gasteiger charge is -2.21. The Morgan fingerprint density at radius 1 is 1.56 bits per heavy atom. The van der Waals surface area contributed by atoms with Gasteiger partial charge in [0.2, 0.25) is 0 Å². The van der Waals surface area contributed by atoms with Gasteiger partial charge in [-0.25, -0.2) is 4.79 Å². The van der Waals surface area contributed by atoms with Gasteiger partial charge in [0.25, 0.3) is 0 Å². The number of furan rings is 1. The first-order valence-corrected chi connectivity index (χ1v) is 6.12. The van der Waals surface area contributed by atoms with E-state index in [9.17, 15) is 4.79 Å². The van der Waals surface area contributed by atoms with Gasteiger partial charge in [0.15, 0.2) is 5.22 Å². The van der Waals surface area contributed by atoms with Gasteiger partial charge < -0.3 is 20.2 Å². The molecule has 5 nitrogen and oxygen atoms in total. The van der Waals surface area contributed by atoms with E-state index in [1.807, 2.05) is 0 Å². The predicted octanol–water partition coefficient (Wildman–Crippen LogP) is 2.50. The van der Waals surface area contributed by atoms with Crippen molar-refractivity contribution in [2.24, 2.45) is 5.73 Å². The van der Waals surface area contributed by atoms with Gasteiger partial charge in [-0.2, -0.15) is 0 Å². The first-order valence-electron chi connectivity index (χ1n) is 5.74. The highest BCUT2D eigenvalue weighted by atomic mass is 35.5. The Morgan fingerprint density at radius 3 is 2.67 bits per heavy atom. The third kappa shape index (κ3) is 4.98. The molecule has 0 saturated heterocycles. The standard InChI is InChI=1S/C12H19ClN2O3/c1-12(2,3)18-11(16)15-7-8(6-14)9-4-5-10(13)17-9/h4-5,8H,6-7,14H2,1-3H3,(H,15,16). The highest BCUT2D eigenvalue weighted by molar-refractivity contribution is 6.28. The topological polar surface area (TPSA) is 77.5 Å². The summed E-state index contributed by atoms with van der Waals surface area (Å²) in [7, 11) is 0. The summed E-state index contributed by atoms with van der Waals surface area (Å²) < 4.78 is 10.4. The summed E-state index contributed by atoms with van der Waals surface area (Å²) in [6, 6.07) is 3.39. The maximum atomic E-state index is 11.5. The Bertz CT molecular complexity index is 398. The number of halogens is 1. The molecule has 1 rings (SSSR count). The third-order valence-electron chi connectivity index (χ3n) is 2.17. The highest BCUT2D eigenvalue weighted by Crippen LogP contribution is 2.20.